The van der Waals surface area contributed by atoms with Gasteiger partial charge in [-0.25, -0.2) is 9.98 Å². The third kappa shape index (κ3) is 4.95. The summed E-state index contributed by atoms with van der Waals surface area (Å²) in [5.41, 5.74) is 8.91. The van der Waals surface area contributed by atoms with Crippen LogP contribution < -0.4 is 0 Å². The van der Waals surface area contributed by atoms with Crippen LogP contribution in [0, 0.1) is 0 Å². The van der Waals surface area contributed by atoms with E-state index in [9.17, 15) is 0 Å². The summed E-state index contributed by atoms with van der Waals surface area (Å²) in [6.45, 7) is 0. The van der Waals surface area contributed by atoms with E-state index in [4.69, 9.17) is 14.4 Å². The van der Waals surface area contributed by atoms with Crippen molar-refractivity contribution < 1.29 is 4.42 Å². The van der Waals surface area contributed by atoms with Crippen LogP contribution in [0.1, 0.15) is 23.1 Å². The van der Waals surface area contributed by atoms with Crippen LogP contribution in [0.2, 0.25) is 0 Å². The van der Waals surface area contributed by atoms with Crippen molar-refractivity contribution in [2.75, 3.05) is 0 Å². The smallest absolute Gasteiger partial charge is 0.160 e. The second kappa shape index (κ2) is 12.0. The Morgan fingerprint density at radius 3 is 1.98 bits per heavy atom. The average molecular weight is 695 g/mol. The van der Waals surface area contributed by atoms with Crippen LogP contribution in [-0.4, -0.2) is 11.5 Å². The first kappa shape index (κ1) is 30.0. The number of nitrogens with zero attached hydrogens (tertiary/aromatic N) is 2. The molecule has 10 aromatic rings. The summed E-state index contributed by atoms with van der Waals surface area (Å²) < 4.78 is 9.37. The zero-order valence-corrected chi connectivity index (χ0v) is 29.4. The van der Waals surface area contributed by atoms with E-state index in [-0.39, 0.29) is 0 Å². The van der Waals surface area contributed by atoms with E-state index in [1.54, 1.807) is 0 Å². The summed E-state index contributed by atoms with van der Waals surface area (Å²) in [5.74, 6) is 0.674. The first-order valence-corrected chi connectivity index (χ1v) is 18.8. The van der Waals surface area contributed by atoms with Crippen LogP contribution in [0.3, 0.4) is 0 Å². The molecular formula is C49H30N2OS. The predicted molar refractivity (Wildman–Crippen MR) is 226 cm³/mol. The molecule has 0 amide bonds. The van der Waals surface area contributed by atoms with E-state index >= 15 is 0 Å². The SMILES string of the molecule is C1=C(c2ccc3ccccc3c2)N=C(c2ccc(-c3cccc4c3sc3ccccc34)c3oc4ccccc4c23)N=C(c2ccc3ccccc3c2)C1. The number of para-hydroxylation sites is 1. The average Bonchev–Trinajstić information content (AvgIpc) is 3.71. The number of benzene rings is 8. The molecule has 0 radical (unpaired) electrons. The molecule has 3 nitrogen and oxygen atoms in total. The lowest BCUT2D eigenvalue weighted by Gasteiger charge is -2.11. The fourth-order valence-corrected chi connectivity index (χ4v) is 9.17. The Balaban J connectivity index is 1.16. The molecular weight excluding hydrogens is 665 g/mol. The number of allylic oxidation sites excluding steroid dienone is 1. The highest BCUT2D eigenvalue weighted by atomic mass is 32.1. The molecule has 248 valence electrons. The molecule has 0 unspecified atom stereocenters. The topological polar surface area (TPSA) is 37.9 Å². The summed E-state index contributed by atoms with van der Waals surface area (Å²) in [4.78, 5) is 10.9. The fraction of sp³-hybridized carbons (Fsp3) is 0.0204. The molecule has 53 heavy (non-hydrogen) atoms. The van der Waals surface area contributed by atoms with Gasteiger partial charge in [0.05, 0.1) is 11.4 Å². The van der Waals surface area contributed by atoms with Crippen LogP contribution in [0.15, 0.2) is 184 Å². The third-order valence-electron chi connectivity index (χ3n) is 10.5. The lowest BCUT2D eigenvalue weighted by Crippen LogP contribution is -2.05. The molecule has 1 aliphatic rings. The number of amidine groups is 1. The molecule has 11 rings (SSSR count). The van der Waals surface area contributed by atoms with Gasteiger partial charge in [-0.2, -0.15) is 0 Å². The van der Waals surface area contributed by atoms with E-state index in [0.717, 1.165) is 55.6 Å². The van der Waals surface area contributed by atoms with E-state index < -0.39 is 0 Å². The number of hydrogen-bond acceptors (Lipinski definition) is 4. The van der Waals surface area contributed by atoms with Crippen molar-refractivity contribution in [3.63, 3.8) is 0 Å². The number of fused-ring (bicyclic) bond motifs is 8. The van der Waals surface area contributed by atoms with Gasteiger partial charge in [-0.05, 0) is 63.5 Å². The van der Waals surface area contributed by atoms with Gasteiger partial charge in [0, 0.05) is 59.6 Å². The van der Waals surface area contributed by atoms with Crippen LogP contribution in [0.5, 0.6) is 0 Å². The highest BCUT2D eigenvalue weighted by Crippen LogP contribution is 2.44. The number of rotatable bonds is 4. The molecule has 0 saturated heterocycles. The normalized spacial score (nSPS) is 13.5. The van der Waals surface area contributed by atoms with Crippen molar-refractivity contribution in [2.24, 2.45) is 9.98 Å². The molecule has 0 saturated carbocycles. The summed E-state index contributed by atoms with van der Waals surface area (Å²) in [6, 6.07) is 58.2. The molecule has 0 N–H and O–H groups in total. The molecule has 0 spiro atoms. The Morgan fingerprint density at radius 2 is 1.15 bits per heavy atom. The van der Waals surface area contributed by atoms with Crippen molar-refractivity contribution in [1.82, 2.24) is 0 Å². The van der Waals surface area contributed by atoms with Crippen molar-refractivity contribution in [3.05, 3.63) is 187 Å². The van der Waals surface area contributed by atoms with Crippen molar-refractivity contribution in [1.29, 1.82) is 0 Å². The molecule has 1 aliphatic heterocycles. The van der Waals surface area contributed by atoms with E-state index in [2.05, 4.69) is 164 Å². The Bertz CT molecular complexity index is 3210. The molecule has 4 heteroatoms. The minimum Gasteiger partial charge on any atom is -0.455 e. The lowest BCUT2D eigenvalue weighted by molar-refractivity contribution is 0.670. The van der Waals surface area contributed by atoms with Gasteiger partial charge < -0.3 is 4.42 Å². The quantitative estimate of drug-likeness (QED) is 0.181. The van der Waals surface area contributed by atoms with Crippen molar-refractivity contribution in [2.45, 2.75) is 6.42 Å². The van der Waals surface area contributed by atoms with Gasteiger partial charge in [0.1, 0.15) is 11.2 Å². The minimum absolute atomic E-state index is 0.648. The van der Waals surface area contributed by atoms with Gasteiger partial charge in [0.2, 0.25) is 0 Å². The van der Waals surface area contributed by atoms with Gasteiger partial charge in [0.25, 0.3) is 0 Å². The summed E-state index contributed by atoms with van der Waals surface area (Å²) in [6.07, 6.45) is 2.88. The molecule has 0 fully saturated rings. The van der Waals surface area contributed by atoms with Gasteiger partial charge >= 0.3 is 0 Å². The highest BCUT2D eigenvalue weighted by molar-refractivity contribution is 7.26. The number of aliphatic imine (C=N–C) groups is 2. The standard InChI is InChI=1S/C49H30N2OS/c1-3-12-32-28-34(22-20-30(32)10-1)42-26-27-43(35-23-21-31-11-2-4-13-33(31)29-35)51-49(50-42)41-25-24-37(47-46(41)40-15-5-7-18-44(40)52-47)39-17-9-16-38-36-14-6-8-19-45(36)53-48(38)39/h1-26,28-29H,27H2. The zero-order chi connectivity index (χ0) is 34.9. The molecule has 3 heterocycles. The van der Waals surface area contributed by atoms with Gasteiger partial charge in [-0.3, -0.25) is 0 Å². The predicted octanol–water partition coefficient (Wildman–Crippen LogP) is 13.6. The molecule has 2 aromatic heterocycles. The van der Waals surface area contributed by atoms with Gasteiger partial charge in [-0.15, -0.1) is 11.3 Å². The van der Waals surface area contributed by atoms with E-state index in [0.29, 0.717) is 12.3 Å². The molecule has 8 aromatic carbocycles. The second-order valence-corrected chi connectivity index (χ2v) is 14.7. The Hall–Kier alpha value is -6.62. The van der Waals surface area contributed by atoms with Crippen LogP contribution in [0.25, 0.3) is 80.5 Å². The first-order chi connectivity index (χ1) is 26.2. The third-order valence-corrected chi connectivity index (χ3v) is 11.8. The second-order valence-electron chi connectivity index (χ2n) is 13.7. The number of thiophene rings is 1. The Labute approximate surface area is 309 Å². The number of furan rings is 1. The maximum atomic E-state index is 6.83. The maximum Gasteiger partial charge on any atom is 0.160 e. The van der Waals surface area contributed by atoms with Crippen molar-refractivity contribution in [3.8, 4) is 11.1 Å². The Morgan fingerprint density at radius 1 is 0.491 bits per heavy atom. The summed E-state index contributed by atoms with van der Waals surface area (Å²) in [7, 11) is 0. The van der Waals surface area contributed by atoms with E-state index in [1.165, 1.54) is 47.3 Å². The van der Waals surface area contributed by atoms with E-state index in [1.807, 2.05) is 17.4 Å². The molecule has 0 aliphatic carbocycles. The number of hydrogen-bond donors (Lipinski definition) is 0. The lowest BCUT2D eigenvalue weighted by atomic mass is 9.96. The minimum atomic E-state index is 0.648. The van der Waals surface area contributed by atoms with Crippen LogP contribution in [0.4, 0.5) is 0 Å². The van der Waals surface area contributed by atoms with Gasteiger partial charge in [-0.1, -0.05) is 133 Å². The maximum absolute atomic E-state index is 6.83. The van der Waals surface area contributed by atoms with Crippen LogP contribution in [-0.2, 0) is 0 Å². The molecule has 0 atom stereocenters. The molecule has 0 bridgehead atoms. The largest absolute Gasteiger partial charge is 0.455 e. The summed E-state index contributed by atoms with van der Waals surface area (Å²) >= 11 is 1.84. The Kier molecular flexibility index (Phi) is 6.79. The monoisotopic (exact) mass is 694 g/mol. The first-order valence-electron chi connectivity index (χ1n) is 18.0. The van der Waals surface area contributed by atoms with Gasteiger partial charge in [0.15, 0.2) is 5.84 Å². The highest BCUT2D eigenvalue weighted by Gasteiger charge is 2.23. The zero-order valence-electron chi connectivity index (χ0n) is 28.6. The summed E-state index contributed by atoms with van der Waals surface area (Å²) in [5, 5.41) is 9.41. The fourth-order valence-electron chi connectivity index (χ4n) is 7.94. The van der Waals surface area contributed by atoms with Crippen LogP contribution >= 0.6 is 11.3 Å². The van der Waals surface area contributed by atoms with Crippen molar-refractivity contribution >= 4 is 92.2 Å².